The van der Waals surface area contributed by atoms with Crippen LogP contribution in [0.4, 0.5) is 0 Å². The fourth-order valence-electron chi connectivity index (χ4n) is 2.28. The molecule has 1 N–H and O–H groups in total. The van der Waals surface area contributed by atoms with E-state index in [1.165, 1.54) is 0 Å². The third kappa shape index (κ3) is 4.89. The van der Waals surface area contributed by atoms with Gasteiger partial charge in [0, 0.05) is 46.0 Å². The molecule has 1 rings (SSSR count). The van der Waals surface area contributed by atoms with E-state index in [-0.39, 0.29) is 0 Å². The van der Waals surface area contributed by atoms with Crippen molar-refractivity contribution in [2.45, 2.75) is 18.5 Å². The van der Waals surface area contributed by atoms with Crippen molar-refractivity contribution in [3.05, 3.63) is 0 Å². The van der Waals surface area contributed by atoms with Crippen LogP contribution < -0.4 is 5.32 Å². The lowest BCUT2D eigenvalue weighted by Gasteiger charge is -2.39. The van der Waals surface area contributed by atoms with E-state index in [4.69, 9.17) is 14.2 Å². The maximum absolute atomic E-state index is 5.59. The van der Waals surface area contributed by atoms with Gasteiger partial charge in [0.25, 0.3) is 0 Å². The molecule has 17 heavy (non-hydrogen) atoms. The van der Waals surface area contributed by atoms with Crippen LogP contribution in [0.2, 0.25) is 0 Å². The lowest BCUT2D eigenvalue weighted by atomic mass is 10.0. The van der Waals surface area contributed by atoms with E-state index in [2.05, 4.69) is 10.2 Å². The number of hydrogen-bond acceptors (Lipinski definition) is 5. The Hall–Kier alpha value is -0.200. The van der Waals surface area contributed by atoms with Gasteiger partial charge in [0.2, 0.25) is 0 Å². The Morgan fingerprint density at radius 1 is 1.24 bits per heavy atom. The maximum atomic E-state index is 5.59. The van der Waals surface area contributed by atoms with Crippen molar-refractivity contribution in [1.29, 1.82) is 0 Å². The van der Waals surface area contributed by atoms with E-state index >= 15 is 0 Å². The Kier molecular flexibility index (Phi) is 7.72. The summed E-state index contributed by atoms with van der Waals surface area (Å²) in [5.41, 5.74) is 0. The molecular weight excluding hydrogens is 220 g/mol. The molecule has 1 aliphatic heterocycles. The standard InChI is InChI=1S/C12H26N2O3/c1-13-11-4-7-17-10-12(11)14(5-8-15-2)6-9-16-3/h11-13H,4-10H2,1-3H3. The molecule has 5 heteroatoms. The summed E-state index contributed by atoms with van der Waals surface area (Å²) in [6.07, 6.45) is 1.07. The van der Waals surface area contributed by atoms with Gasteiger partial charge in [-0.3, -0.25) is 4.90 Å². The van der Waals surface area contributed by atoms with Crippen molar-refractivity contribution in [2.24, 2.45) is 0 Å². The van der Waals surface area contributed by atoms with Crippen LogP contribution in [0.3, 0.4) is 0 Å². The van der Waals surface area contributed by atoms with Gasteiger partial charge in [-0.1, -0.05) is 0 Å². The first-order valence-electron chi connectivity index (χ1n) is 6.30. The number of likely N-dealkylation sites (N-methyl/N-ethyl adjacent to an activating group) is 1. The minimum Gasteiger partial charge on any atom is -0.383 e. The molecule has 0 saturated carbocycles. The van der Waals surface area contributed by atoms with Crippen molar-refractivity contribution in [3.8, 4) is 0 Å². The summed E-state index contributed by atoms with van der Waals surface area (Å²) < 4.78 is 15.9. The molecule has 0 aromatic carbocycles. The van der Waals surface area contributed by atoms with Gasteiger partial charge in [0.1, 0.15) is 0 Å². The average molecular weight is 246 g/mol. The predicted octanol–water partition coefficient (Wildman–Crippen LogP) is -0.0419. The first kappa shape index (κ1) is 14.9. The van der Waals surface area contributed by atoms with E-state index in [1.807, 2.05) is 7.05 Å². The average Bonchev–Trinajstić information content (AvgIpc) is 2.39. The highest BCUT2D eigenvalue weighted by molar-refractivity contribution is 4.86. The zero-order valence-corrected chi connectivity index (χ0v) is 11.3. The monoisotopic (exact) mass is 246 g/mol. The Morgan fingerprint density at radius 2 is 1.88 bits per heavy atom. The van der Waals surface area contributed by atoms with Gasteiger partial charge in [-0.15, -0.1) is 0 Å². The Morgan fingerprint density at radius 3 is 2.41 bits per heavy atom. The van der Waals surface area contributed by atoms with Crippen LogP contribution in [-0.4, -0.2) is 77.8 Å². The second kappa shape index (κ2) is 8.83. The Bertz CT molecular complexity index is 185. The normalized spacial score (nSPS) is 25.4. The highest BCUT2D eigenvalue weighted by Gasteiger charge is 2.29. The van der Waals surface area contributed by atoms with Crippen LogP contribution >= 0.6 is 0 Å². The number of nitrogens with zero attached hydrogens (tertiary/aromatic N) is 1. The minimum absolute atomic E-state index is 0.416. The highest BCUT2D eigenvalue weighted by atomic mass is 16.5. The summed E-state index contributed by atoms with van der Waals surface area (Å²) in [6.45, 7) is 4.98. The van der Waals surface area contributed by atoms with Crippen LogP contribution in [0.1, 0.15) is 6.42 Å². The van der Waals surface area contributed by atoms with Crippen molar-refractivity contribution in [1.82, 2.24) is 10.2 Å². The van der Waals surface area contributed by atoms with Crippen molar-refractivity contribution in [3.63, 3.8) is 0 Å². The Balaban J connectivity index is 2.51. The van der Waals surface area contributed by atoms with Crippen molar-refractivity contribution >= 4 is 0 Å². The van der Waals surface area contributed by atoms with Gasteiger partial charge in [-0.2, -0.15) is 0 Å². The summed E-state index contributed by atoms with van der Waals surface area (Å²) in [4.78, 5) is 2.40. The van der Waals surface area contributed by atoms with Crippen LogP contribution in [0.25, 0.3) is 0 Å². The smallest absolute Gasteiger partial charge is 0.0637 e. The summed E-state index contributed by atoms with van der Waals surface area (Å²) in [7, 11) is 5.50. The molecule has 0 aliphatic carbocycles. The van der Waals surface area contributed by atoms with Gasteiger partial charge in [-0.05, 0) is 13.5 Å². The predicted molar refractivity (Wildman–Crippen MR) is 67.4 cm³/mol. The third-order valence-electron chi connectivity index (χ3n) is 3.33. The molecule has 0 amide bonds. The van der Waals surface area contributed by atoms with Crippen LogP contribution in [0.5, 0.6) is 0 Å². The largest absolute Gasteiger partial charge is 0.383 e. The van der Waals surface area contributed by atoms with Crippen LogP contribution in [0, 0.1) is 0 Å². The van der Waals surface area contributed by atoms with Gasteiger partial charge in [-0.25, -0.2) is 0 Å². The summed E-state index contributed by atoms with van der Waals surface area (Å²) in [5.74, 6) is 0. The number of rotatable bonds is 8. The molecule has 1 aliphatic rings. The van der Waals surface area contributed by atoms with E-state index in [0.717, 1.165) is 45.9 Å². The zero-order valence-electron chi connectivity index (χ0n) is 11.3. The Labute approximate surface area is 104 Å². The maximum Gasteiger partial charge on any atom is 0.0637 e. The fourth-order valence-corrected chi connectivity index (χ4v) is 2.28. The minimum atomic E-state index is 0.416. The number of methoxy groups -OCH3 is 2. The third-order valence-corrected chi connectivity index (χ3v) is 3.33. The summed E-state index contributed by atoms with van der Waals surface area (Å²) >= 11 is 0. The van der Waals surface area contributed by atoms with E-state index < -0.39 is 0 Å². The molecule has 1 fully saturated rings. The molecule has 5 nitrogen and oxygen atoms in total. The quantitative estimate of drug-likeness (QED) is 0.651. The second-order valence-electron chi connectivity index (χ2n) is 4.35. The topological polar surface area (TPSA) is 43.0 Å². The first-order chi connectivity index (χ1) is 8.33. The molecular formula is C12H26N2O3. The molecule has 0 radical (unpaired) electrons. The lowest BCUT2D eigenvalue weighted by Crippen LogP contribution is -2.56. The van der Waals surface area contributed by atoms with Gasteiger partial charge in [0.15, 0.2) is 0 Å². The SMILES string of the molecule is CNC1CCOCC1N(CCOC)CCOC. The molecule has 0 aromatic heterocycles. The zero-order chi connectivity index (χ0) is 12.5. The lowest BCUT2D eigenvalue weighted by molar-refractivity contribution is -0.0163. The summed E-state index contributed by atoms with van der Waals surface area (Å²) in [5, 5.41) is 3.38. The molecule has 0 bridgehead atoms. The molecule has 0 aromatic rings. The van der Waals surface area contributed by atoms with E-state index in [0.29, 0.717) is 12.1 Å². The van der Waals surface area contributed by atoms with Gasteiger partial charge in [0.05, 0.1) is 19.8 Å². The summed E-state index contributed by atoms with van der Waals surface area (Å²) in [6, 6.07) is 0.913. The van der Waals surface area contributed by atoms with E-state index in [1.54, 1.807) is 14.2 Å². The number of ether oxygens (including phenoxy) is 3. The van der Waals surface area contributed by atoms with Crippen molar-refractivity contribution in [2.75, 3.05) is 60.8 Å². The molecule has 1 saturated heterocycles. The number of hydrogen-bond donors (Lipinski definition) is 1. The molecule has 2 unspecified atom stereocenters. The van der Waals surface area contributed by atoms with Crippen molar-refractivity contribution < 1.29 is 14.2 Å². The number of nitrogens with one attached hydrogen (secondary N) is 1. The van der Waals surface area contributed by atoms with Crippen LogP contribution in [-0.2, 0) is 14.2 Å². The molecule has 1 heterocycles. The van der Waals surface area contributed by atoms with Crippen LogP contribution in [0.15, 0.2) is 0 Å². The molecule has 0 spiro atoms. The second-order valence-corrected chi connectivity index (χ2v) is 4.35. The van der Waals surface area contributed by atoms with E-state index in [9.17, 15) is 0 Å². The fraction of sp³-hybridized carbons (Fsp3) is 1.00. The van der Waals surface area contributed by atoms with Gasteiger partial charge >= 0.3 is 0 Å². The molecule has 102 valence electrons. The first-order valence-corrected chi connectivity index (χ1v) is 6.30. The molecule has 2 atom stereocenters. The van der Waals surface area contributed by atoms with Gasteiger partial charge < -0.3 is 19.5 Å². The highest BCUT2D eigenvalue weighted by Crippen LogP contribution is 2.14.